The fourth-order valence-corrected chi connectivity index (χ4v) is 18.2. The first-order chi connectivity index (χ1) is 52.1. The van der Waals surface area contributed by atoms with Crippen LogP contribution in [0.25, 0.3) is 0 Å². The summed E-state index contributed by atoms with van der Waals surface area (Å²) >= 11 is 12.1. The van der Waals surface area contributed by atoms with Crippen molar-refractivity contribution in [1.82, 2.24) is 0 Å². The van der Waals surface area contributed by atoms with Crippen LogP contribution in [0.3, 0.4) is 0 Å². The van der Waals surface area contributed by atoms with Crippen molar-refractivity contribution in [3.8, 4) is 0 Å². The third kappa shape index (κ3) is 40.7. The van der Waals surface area contributed by atoms with Gasteiger partial charge in [0.1, 0.15) is 11.6 Å². The van der Waals surface area contributed by atoms with Gasteiger partial charge in [-0.25, -0.2) is 8.78 Å². The van der Waals surface area contributed by atoms with E-state index in [1.807, 2.05) is 65.8 Å². The van der Waals surface area contributed by atoms with E-state index >= 15 is 0 Å². The largest absolute Gasteiger partial charge is 0.207 e. The highest BCUT2D eigenvalue weighted by molar-refractivity contribution is 6.32. The summed E-state index contributed by atoms with van der Waals surface area (Å²) in [5.41, 5.74) is 10.6. The van der Waals surface area contributed by atoms with Crippen LogP contribution in [0.5, 0.6) is 0 Å². The smallest absolute Gasteiger partial charge is 0.145 e. The summed E-state index contributed by atoms with van der Waals surface area (Å²) in [6.45, 7) is 81.0. The monoisotopic (exact) mass is 1590 g/mol. The first-order valence-electron chi connectivity index (χ1n) is 47.0. The van der Waals surface area contributed by atoms with Gasteiger partial charge in [0.2, 0.25) is 0 Å². The molecule has 646 valence electrons. The predicted molar refractivity (Wildman–Crippen MR) is 504 cm³/mol. The Morgan fingerprint density at radius 1 is 0.241 bits per heavy atom. The molecule has 0 spiro atoms. The van der Waals surface area contributed by atoms with Crippen LogP contribution < -0.4 is 0 Å². The number of allylic oxidation sites excluding steroid dienone is 2. The highest BCUT2D eigenvalue weighted by Gasteiger charge is 2.29. The zero-order chi connectivity index (χ0) is 85.7. The van der Waals surface area contributed by atoms with Crippen LogP contribution in [0.1, 0.15) is 463 Å². The lowest BCUT2D eigenvalue weighted by Gasteiger charge is -2.32. The van der Waals surface area contributed by atoms with Gasteiger partial charge in [0, 0.05) is 5.02 Å². The molecule has 1 unspecified atom stereocenters. The van der Waals surface area contributed by atoms with E-state index in [1.165, 1.54) is 144 Å². The van der Waals surface area contributed by atoms with Crippen molar-refractivity contribution in [2.75, 3.05) is 0 Å². The molecule has 0 amide bonds. The van der Waals surface area contributed by atoms with Crippen LogP contribution >= 0.6 is 23.2 Å². The van der Waals surface area contributed by atoms with Gasteiger partial charge in [0.25, 0.3) is 0 Å². The fourth-order valence-electron chi connectivity index (χ4n) is 17.4. The SMILES string of the molecule is CC(C)C1=CCC(C(C)C)CC1.CC(C)C1CCC(C(C)C)CC1.CC(C)C1CCC(C(C)C)CC1.CC(C)C1CCC(C(C)C)CC1.CC(C)C1CCC(C(C)C)CC1.CC(C)c1ccc(C(C)C)c(Cl)c1.CC(C)c1ccc(C(C)C)c(Cl)c1F.CC(C)c1ccc(C(C)C)c(F)c1.CC(C)c1ccc(C(C)C)cc1. The van der Waals surface area contributed by atoms with Crippen molar-refractivity contribution in [2.45, 2.75) is 419 Å². The zero-order valence-corrected chi connectivity index (χ0v) is 82.1. The molecule has 4 saturated carbocycles. The van der Waals surface area contributed by atoms with Gasteiger partial charge < -0.3 is 0 Å². The van der Waals surface area contributed by atoms with Gasteiger partial charge in [0.05, 0.1) is 5.02 Å². The number of rotatable bonds is 18. The standard InChI is InChI=1S/C12H16ClF.C12H17Cl.C12H17F.4C12H24.C12H22.C12H18/c1-7(2)9-5-6-10(8(3)4)12(14)11(9)13;2*1-8(2)10-5-6-11(9(3)4)12(13)7-10;6*1-9(2)11-5-7-12(8-6-11)10(3)4/h5-8H,1-4H3;2*5-9H,1-4H3;4*9-12H,5-8H2,1-4H3;5,9-10,12H,6-8H2,1-4H3;5-10H,1-4H3. The molecular formula is C108H186Cl2F2. The summed E-state index contributed by atoms with van der Waals surface area (Å²) in [5, 5.41) is 1.19. The Bertz CT molecular complexity index is 2740. The molecule has 5 aliphatic carbocycles. The first kappa shape index (κ1) is 107. The Labute approximate surface area is 709 Å². The average molecular weight is 1590 g/mol. The Morgan fingerprint density at radius 2 is 0.473 bits per heavy atom. The molecule has 1 atom stereocenters. The number of halogens is 4. The van der Waals surface area contributed by atoms with Gasteiger partial charge in [-0.15, -0.1) is 0 Å². The summed E-state index contributed by atoms with van der Waals surface area (Å²) < 4.78 is 27.2. The minimum Gasteiger partial charge on any atom is -0.207 e. The van der Waals surface area contributed by atoms with Crippen LogP contribution in [0.2, 0.25) is 10.0 Å². The molecule has 0 aliphatic heterocycles. The van der Waals surface area contributed by atoms with E-state index in [9.17, 15) is 8.78 Å². The van der Waals surface area contributed by atoms with Gasteiger partial charge >= 0.3 is 0 Å². The molecule has 0 radical (unpaired) electrons. The molecule has 4 aromatic carbocycles. The van der Waals surface area contributed by atoms with Crippen LogP contribution in [0.15, 0.2) is 84.4 Å². The van der Waals surface area contributed by atoms with Crippen molar-refractivity contribution >= 4 is 23.2 Å². The van der Waals surface area contributed by atoms with E-state index in [2.05, 4.69) is 256 Å². The molecule has 4 fully saturated rings. The molecule has 0 bridgehead atoms. The molecular weight excluding hydrogens is 1410 g/mol. The molecule has 4 heteroatoms. The summed E-state index contributed by atoms with van der Waals surface area (Å²) in [6, 6.07) is 24.7. The Hall–Kier alpha value is -2.94. The predicted octanol–water partition coefficient (Wildman–Crippen LogP) is 37.8. The van der Waals surface area contributed by atoms with Crippen molar-refractivity contribution in [3.63, 3.8) is 0 Å². The lowest BCUT2D eigenvalue weighted by Crippen LogP contribution is -2.21. The second kappa shape index (κ2) is 55.7. The minimum absolute atomic E-state index is 0.0683. The molecule has 9 rings (SSSR count). The number of hydrogen-bond acceptors (Lipinski definition) is 0. The van der Waals surface area contributed by atoms with Gasteiger partial charge in [-0.2, -0.15) is 0 Å². The van der Waals surface area contributed by atoms with E-state index in [-0.39, 0.29) is 34.4 Å². The van der Waals surface area contributed by atoms with Crippen molar-refractivity contribution in [2.24, 2.45) is 112 Å². The minimum atomic E-state index is -0.257. The quantitative estimate of drug-likeness (QED) is 0.0871. The maximum Gasteiger partial charge on any atom is 0.145 e. The lowest BCUT2D eigenvalue weighted by molar-refractivity contribution is 0.189. The van der Waals surface area contributed by atoms with E-state index in [1.54, 1.807) is 11.6 Å². The zero-order valence-electron chi connectivity index (χ0n) is 80.5. The van der Waals surface area contributed by atoms with Crippen molar-refractivity contribution in [3.05, 3.63) is 151 Å². The van der Waals surface area contributed by atoms with Crippen LogP contribution in [-0.2, 0) is 0 Å². The lowest BCUT2D eigenvalue weighted by atomic mass is 9.73. The second-order valence-electron chi connectivity index (χ2n) is 41.7. The molecule has 0 saturated heterocycles. The highest BCUT2D eigenvalue weighted by atomic mass is 35.5. The Balaban J connectivity index is 0.000000630. The van der Waals surface area contributed by atoms with Gasteiger partial charge in [-0.1, -0.05) is 345 Å². The molecule has 4 aromatic rings. The second-order valence-corrected chi connectivity index (χ2v) is 42.5. The van der Waals surface area contributed by atoms with Crippen molar-refractivity contribution in [1.29, 1.82) is 0 Å². The molecule has 5 aliphatic rings. The highest BCUT2D eigenvalue weighted by Crippen LogP contribution is 2.41. The maximum atomic E-state index is 13.7. The fraction of sp³-hybridized carbons (Fsp3) is 0.759. The van der Waals surface area contributed by atoms with E-state index in [4.69, 9.17) is 23.2 Å². The average Bonchev–Trinajstić information content (AvgIpc) is 0.831. The summed E-state index contributed by atoms with van der Waals surface area (Å²) in [4.78, 5) is 0. The number of hydrogen-bond donors (Lipinski definition) is 0. The Kier molecular flexibility index (Phi) is 53.3. The molecule has 112 heavy (non-hydrogen) atoms. The van der Waals surface area contributed by atoms with Crippen molar-refractivity contribution < 1.29 is 8.78 Å². The van der Waals surface area contributed by atoms with Crippen LogP contribution in [0, 0.1) is 124 Å². The van der Waals surface area contributed by atoms with E-state index < -0.39 is 0 Å². The third-order valence-corrected chi connectivity index (χ3v) is 28.0. The molecule has 0 N–H and O–H groups in total. The molecule has 0 heterocycles. The van der Waals surface area contributed by atoms with Crippen LogP contribution in [0.4, 0.5) is 8.78 Å². The Morgan fingerprint density at radius 3 is 0.679 bits per heavy atom. The summed E-state index contributed by atoms with van der Waals surface area (Å²) in [7, 11) is 0. The first-order valence-corrected chi connectivity index (χ1v) is 47.8. The summed E-state index contributed by atoms with van der Waals surface area (Å²) in [5.74, 6) is 21.3. The van der Waals surface area contributed by atoms with E-state index in [0.29, 0.717) is 35.2 Å². The molecule has 0 aromatic heterocycles. The third-order valence-electron chi connectivity index (χ3n) is 27.3. The normalized spacial score (nSPS) is 21.4. The number of benzene rings is 4. The maximum absolute atomic E-state index is 13.7. The van der Waals surface area contributed by atoms with Gasteiger partial charge in [-0.05, 0) is 338 Å². The molecule has 0 nitrogen and oxygen atoms in total. The van der Waals surface area contributed by atoms with E-state index in [0.717, 1.165) is 134 Å². The van der Waals surface area contributed by atoms with Crippen LogP contribution in [-0.4, -0.2) is 0 Å². The van der Waals surface area contributed by atoms with Gasteiger partial charge in [-0.3, -0.25) is 0 Å². The topological polar surface area (TPSA) is 0 Å². The van der Waals surface area contributed by atoms with Gasteiger partial charge in [0.15, 0.2) is 0 Å². The summed E-state index contributed by atoms with van der Waals surface area (Å²) in [6.07, 6.45) is 30.4.